The molecule has 0 aliphatic rings. The Labute approximate surface area is 160 Å². The topological polar surface area (TPSA) is 167 Å². The number of phenolic OH excluding ortho intramolecular Hbond substituents is 2. The van der Waals surface area contributed by atoms with Gasteiger partial charge in [-0.2, -0.15) is 9.36 Å². The molecule has 0 bridgehead atoms. The van der Waals surface area contributed by atoms with Crippen LogP contribution >= 0.6 is 11.5 Å². The Hall–Kier alpha value is -3.87. The highest BCUT2D eigenvalue weighted by Crippen LogP contribution is 2.44. The molecule has 12 nitrogen and oxygen atoms in total. The SMILES string of the molecule is Cc1noc(/N=N/c2cc(/N=N/c3snc4cncnc34)c(O)c(C)c2O)n1. The molecule has 0 saturated carbocycles. The number of phenols is 2. The number of nitrogens with zero attached hydrogens (tertiary/aromatic N) is 9. The Kier molecular flexibility index (Phi) is 4.41. The van der Waals surface area contributed by atoms with Crippen LogP contribution in [0.2, 0.25) is 0 Å². The van der Waals surface area contributed by atoms with E-state index < -0.39 is 0 Å². The molecule has 0 aliphatic heterocycles. The van der Waals surface area contributed by atoms with E-state index in [0.29, 0.717) is 21.9 Å². The summed E-state index contributed by atoms with van der Waals surface area (Å²) in [6.07, 6.45) is 2.95. The van der Waals surface area contributed by atoms with Crippen molar-refractivity contribution in [2.45, 2.75) is 13.8 Å². The molecule has 0 atom stereocenters. The molecular formula is C15H11N9O3S. The van der Waals surface area contributed by atoms with Crippen LogP contribution < -0.4 is 0 Å². The van der Waals surface area contributed by atoms with E-state index in [1.165, 1.54) is 19.3 Å². The summed E-state index contributed by atoms with van der Waals surface area (Å²) in [4.78, 5) is 11.9. The van der Waals surface area contributed by atoms with Crippen LogP contribution in [0.5, 0.6) is 11.5 Å². The summed E-state index contributed by atoms with van der Waals surface area (Å²) in [5.74, 6) is -0.0974. The average molecular weight is 397 g/mol. The first-order chi connectivity index (χ1) is 13.5. The lowest BCUT2D eigenvalue weighted by atomic mass is 10.1. The monoisotopic (exact) mass is 397 g/mol. The van der Waals surface area contributed by atoms with Gasteiger partial charge in [0.2, 0.25) is 0 Å². The van der Waals surface area contributed by atoms with Gasteiger partial charge in [0.25, 0.3) is 0 Å². The maximum absolute atomic E-state index is 10.3. The Balaban J connectivity index is 1.70. The molecule has 140 valence electrons. The minimum Gasteiger partial charge on any atom is -0.505 e. The number of azo groups is 2. The Morgan fingerprint density at radius 3 is 2.50 bits per heavy atom. The summed E-state index contributed by atoms with van der Waals surface area (Å²) in [5.41, 5.74) is 1.45. The van der Waals surface area contributed by atoms with Crippen molar-refractivity contribution >= 4 is 45.0 Å². The van der Waals surface area contributed by atoms with Crippen LogP contribution in [-0.2, 0) is 0 Å². The Morgan fingerprint density at radius 2 is 1.79 bits per heavy atom. The molecular weight excluding hydrogens is 386 g/mol. The van der Waals surface area contributed by atoms with Crippen molar-refractivity contribution in [3.05, 3.63) is 30.0 Å². The number of aryl methyl sites for hydroxylation is 1. The van der Waals surface area contributed by atoms with Crippen LogP contribution in [0, 0.1) is 13.8 Å². The standard InChI is InChI=1S/C15H11N9O3S/c1-6-12(25)8(19-21-14-11-10(24-28-14)4-16-5-17-11)3-9(13(6)26)20-22-15-18-7(2)23-27-15/h3-5,25-26H,1-2H3/b21-19+,22-20+. The largest absolute Gasteiger partial charge is 0.505 e. The van der Waals surface area contributed by atoms with Crippen molar-refractivity contribution in [3.8, 4) is 11.5 Å². The lowest BCUT2D eigenvalue weighted by molar-refractivity contribution is 0.420. The lowest BCUT2D eigenvalue weighted by Gasteiger charge is -2.06. The van der Waals surface area contributed by atoms with Crippen molar-refractivity contribution in [2.75, 3.05) is 0 Å². The predicted molar refractivity (Wildman–Crippen MR) is 97.1 cm³/mol. The first kappa shape index (κ1) is 17.5. The zero-order chi connectivity index (χ0) is 19.7. The van der Waals surface area contributed by atoms with Gasteiger partial charge in [0.1, 0.15) is 40.2 Å². The Bertz CT molecular complexity index is 1230. The fourth-order valence-corrected chi connectivity index (χ4v) is 2.83. The summed E-state index contributed by atoms with van der Waals surface area (Å²) in [6.45, 7) is 3.14. The van der Waals surface area contributed by atoms with E-state index in [9.17, 15) is 10.2 Å². The molecule has 4 aromatic rings. The van der Waals surface area contributed by atoms with Crippen LogP contribution in [0.25, 0.3) is 11.0 Å². The first-order valence-corrected chi connectivity index (χ1v) is 8.55. The average Bonchev–Trinajstić information content (AvgIpc) is 3.31. The van der Waals surface area contributed by atoms with Gasteiger partial charge in [-0.05, 0) is 25.4 Å². The van der Waals surface area contributed by atoms with Gasteiger partial charge in [-0.1, -0.05) is 10.3 Å². The van der Waals surface area contributed by atoms with E-state index in [2.05, 4.69) is 44.9 Å². The second kappa shape index (κ2) is 7.03. The molecule has 0 unspecified atom stereocenters. The Morgan fingerprint density at radius 1 is 1.04 bits per heavy atom. The fourth-order valence-electron chi connectivity index (χ4n) is 2.19. The molecule has 0 aliphatic carbocycles. The summed E-state index contributed by atoms with van der Waals surface area (Å²) in [5, 5.41) is 40.3. The fraction of sp³-hybridized carbons (Fsp3) is 0.133. The van der Waals surface area contributed by atoms with Crippen LogP contribution in [-0.4, -0.2) is 34.7 Å². The molecule has 0 amide bonds. The van der Waals surface area contributed by atoms with Crippen molar-refractivity contribution in [1.29, 1.82) is 0 Å². The number of aromatic nitrogens is 5. The minimum atomic E-state index is -0.257. The summed E-state index contributed by atoms with van der Waals surface area (Å²) in [6, 6.07) is 1.26. The second-order valence-corrected chi connectivity index (χ2v) is 6.26. The van der Waals surface area contributed by atoms with Crippen LogP contribution in [0.4, 0.5) is 22.4 Å². The molecule has 2 N–H and O–H groups in total. The van der Waals surface area contributed by atoms with E-state index in [4.69, 9.17) is 4.52 Å². The van der Waals surface area contributed by atoms with E-state index in [-0.39, 0.29) is 34.5 Å². The van der Waals surface area contributed by atoms with Crippen molar-refractivity contribution in [3.63, 3.8) is 0 Å². The molecule has 4 rings (SSSR count). The highest BCUT2D eigenvalue weighted by Gasteiger charge is 2.15. The second-order valence-electron chi connectivity index (χ2n) is 5.51. The summed E-state index contributed by atoms with van der Waals surface area (Å²) < 4.78 is 9.01. The molecule has 13 heteroatoms. The third kappa shape index (κ3) is 3.25. The van der Waals surface area contributed by atoms with E-state index in [1.807, 2.05) is 0 Å². The maximum Gasteiger partial charge on any atom is 0.366 e. The smallest absolute Gasteiger partial charge is 0.366 e. The number of fused-ring (bicyclic) bond motifs is 1. The molecule has 3 aromatic heterocycles. The normalized spacial score (nSPS) is 11.9. The van der Waals surface area contributed by atoms with Gasteiger partial charge >= 0.3 is 6.01 Å². The van der Waals surface area contributed by atoms with Gasteiger partial charge in [0, 0.05) is 11.6 Å². The zero-order valence-corrected chi connectivity index (χ0v) is 15.3. The van der Waals surface area contributed by atoms with Crippen molar-refractivity contribution < 1.29 is 14.7 Å². The highest BCUT2D eigenvalue weighted by atomic mass is 32.1. The highest BCUT2D eigenvalue weighted by molar-refractivity contribution is 7.11. The summed E-state index contributed by atoms with van der Waals surface area (Å²) in [7, 11) is 0. The third-order valence-electron chi connectivity index (χ3n) is 3.60. The first-order valence-electron chi connectivity index (χ1n) is 7.77. The zero-order valence-electron chi connectivity index (χ0n) is 14.5. The van der Waals surface area contributed by atoms with E-state index in [0.717, 1.165) is 11.5 Å². The number of benzene rings is 1. The molecule has 3 heterocycles. The van der Waals surface area contributed by atoms with Crippen LogP contribution in [0.1, 0.15) is 11.4 Å². The van der Waals surface area contributed by atoms with Gasteiger partial charge in [-0.15, -0.1) is 15.3 Å². The molecule has 0 radical (unpaired) electrons. The molecule has 1 aromatic carbocycles. The predicted octanol–water partition coefficient (Wildman–Crippen LogP) is 4.33. The van der Waals surface area contributed by atoms with E-state index >= 15 is 0 Å². The van der Waals surface area contributed by atoms with E-state index in [1.54, 1.807) is 13.1 Å². The molecule has 28 heavy (non-hydrogen) atoms. The van der Waals surface area contributed by atoms with Gasteiger partial charge in [-0.25, -0.2) is 9.97 Å². The van der Waals surface area contributed by atoms with Crippen molar-refractivity contribution in [2.24, 2.45) is 20.5 Å². The minimum absolute atomic E-state index is 0.0524. The third-order valence-corrected chi connectivity index (χ3v) is 4.34. The summed E-state index contributed by atoms with van der Waals surface area (Å²) >= 11 is 1.10. The molecule has 0 fully saturated rings. The van der Waals surface area contributed by atoms with Gasteiger partial charge in [0.05, 0.1) is 6.20 Å². The van der Waals surface area contributed by atoms with Gasteiger partial charge in [-0.3, -0.25) is 0 Å². The number of aromatic hydroxyl groups is 2. The van der Waals surface area contributed by atoms with Gasteiger partial charge < -0.3 is 14.7 Å². The number of rotatable bonds is 4. The van der Waals surface area contributed by atoms with Gasteiger partial charge in [0.15, 0.2) is 10.8 Å². The number of hydrogen-bond donors (Lipinski definition) is 2. The van der Waals surface area contributed by atoms with Crippen molar-refractivity contribution in [1.82, 2.24) is 24.5 Å². The van der Waals surface area contributed by atoms with Crippen LogP contribution in [0.15, 0.2) is 43.6 Å². The lowest BCUT2D eigenvalue weighted by Crippen LogP contribution is -1.79. The maximum atomic E-state index is 10.3. The van der Waals surface area contributed by atoms with Crippen LogP contribution in [0.3, 0.4) is 0 Å². The quantitative estimate of drug-likeness (QED) is 0.480. The number of hydrogen-bond acceptors (Lipinski definition) is 13. The molecule has 0 saturated heterocycles. The molecule has 0 spiro atoms.